The molecule has 0 aromatic carbocycles. The Hall–Kier alpha value is -0.870. The van der Waals surface area contributed by atoms with Gasteiger partial charge in [-0.15, -0.1) is 0 Å². The highest BCUT2D eigenvalue weighted by molar-refractivity contribution is 7.07. The van der Waals surface area contributed by atoms with Crippen LogP contribution in [0.1, 0.15) is 64.1 Å². The third kappa shape index (κ3) is 3.02. The summed E-state index contributed by atoms with van der Waals surface area (Å²) in [6, 6.07) is 2.16. The van der Waals surface area contributed by atoms with Crippen molar-refractivity contribution in [2.24, 2.45) is 5.41 Å². The maximum absolute atomic E-state index is 12.8. The van der Waals surface area contributed by atoms with E-state index in [9.17, 15) is 4.79 Å². The zero-order valence-electron chi connectivity index (χ0n) is 13.1. The molecule has 3 nitrogen and oxygen atoms in total. The summed E-state index contributed by atoms with van der Waals surface area (Å²) in [7, 11) is 0. The van der Waals surface area contributed by atoms with Gasteiger partial charge >= 0.3 is 0 Å². The van der Waals surface area contributed by atoms with E-state index in [0.717, 1.165) is 25.8 Å². The fourth-order valence-electron chi connectivity index (χ4n) is 3.52. The van der Waals surface area contributed by atoms with E-state index in [1.54, 1.807) is 11.3 Å². The molecular formula is C17H26N2OS. The molecule has 1 aliphatic heterocycles. The molecule has 0 spiro atoms. The number of nitrogens with one attached hydrogen (secondary N) is 1. The number of unbranched alkanes of at least 4 members (excludes halogenated alkanes) is 1. The van der Waals surface area contributed by atoms with Gasteiger partial charge in [-0.25, -0.2) is 0 Å². The molecule has 1 aromatic rings. The second kappa shape index (κ2) is 6.09. The Kier molecular flexibility index (Phi) is 4.36. The van der Waals surface area contributed by atoms with E-state index in [1.807, 2.05) is 0 Å². The van der Waals surface area contributed by atoms with Crippen LogP contribution in [0.3, 0.4) is 0 Å². The zero-order chi connectivity index (χ0) is 14.9. The molecule has 2 fully saturated rings. The summed E-state index contributed by atoms with van der Waals surface area (Å²) in [6.45, 7) is 5.42. The normalized spacial score (nSPS) is 27.9. The average molecular weight is 306 g/mol. The van der Waals surface area contributed by atoms with E-state index in [4.69, 9.17) is 0 Å². The van der Waals surface area contributed by atoms with Gasteiger partial charge in [0.05, 0.1) is 6.04 Å². The number of hydrogen-bond donors (Lipinski definition) is 1. The lowest BCUT2D eigenvalue weighted by molar-refractivity contribution is -0.132. The largest absolute Gasteiger partial charge is 0.321 e. The third-order valence-corrected chi connectivity index (χ3v) is 5.77. The molecule has 1 saturated heterocycles. The molecular weight excluding hydrogens is 280 g/mol. The van der Waals surface area contributed by atoms with Crippen LogP contribution in [0.4, 0.5) is 0 Å². The smallest absolute Gasteiger partial charge is 0.241 e. The van der Waals surface area contributed by atoms with Crippen LogP contribution < -0.4 is 5.32 Å². The second-order valence-corrected chi connectivity index (χ2v) is 7.73. The van der Waals surface area contributed by atoms with E-state index in [2.05, 4.69) is 40.9 Å². The molecule has 1 N–H and O–H groups in total. The standard InChI is InChI=1S/C17H26N2OS/c1-3-4-6-14-16(20)19(12-17(2)8-5-9-17)15(18-14)13-7-10-21-11-13/h7,10-11,14-15,18H,3-6,8-9,12H2,1-2H3. The number of carbonyl (C=O) groups excluding carboxylic acids is 1. The first-order chi connectivity index (χ1) is 10.1. The van der Waals surface area contributed by atoms with Gasteiger partial charge in [-0.05, 0) is 47.1 Å². The van der Waals surface area contributed by atoms with E-state index in [-0.39, 0.29) is 12.2 Å². The fourth-order valence-corrected chi connectivity index (χ4v) is 4.20. The van der Waals surface area contributed by atoms with Crippen molar-refractivity contribution in [2.75, 3.05) is 6.54 Å². The van der Waals surface area contributed by atoms with Gasteiger partial charge in [0.15, 0.2) is 0 Å². The maximum atomic E-state index is 12.8. The quantitative estimate of drug-likeness (QED) is 0.863. The molecule has 1 aliphatic carbocycles. The molecule has 1 amide bonds. The minimum Gasteiger partial charge on any atom is -0.321 e. The van der Waals surface area contributed by atoms with Crippen LogP contribution in [0, 0.1) is 5.41 Å². The molecule has 2 unspecified atom stereocenters. The van der Waals surface area contributed by atoms with Crippen LogP contribution in [-0.4, -0.2) is 23.4 Å². The lowest BCUT2D eigenvalue weighted by Crippen LogP contribution is -2.43. The van der Waals surface area contributed by atoms with Crippen LogP contribution in [0.5, 0.6) is 0 Å². The van der Waals surface area contributed by atoms with Crippen molar-refractivity contribution < 1.29 is 4.79 Å². The Bertz CT molecular complexity index is 481. The Labute approximate surface area is 131 Å². The molecule has 21 heavy (non-hydrogen) atoms. The highest BCUT2D eigenvalue weighted by Gasteiger charge is 2.44. The van der Waals surface area contributed by atoms with Gasteiger partial charge in [0.2, 0.25) is 5.91 Å². The molecule has 2 aliphatic rings. The topological polar surface area (TPSA) is 32.3 Å². The first-order valence-corrected chi connectivity index (χ1v) is 9.16. The first-order valence-electron chi connectivity index (χ1n) is 8.21. The Morgan fingerprint density at radius 1 is 1.48 bits per heavy atom. The lowest BCUT2D eigenvalue weighted by Gasteiger charge is -2.42. The molecule has 4 heteroatoms. The van der Waals surface area contributed by atoms with Crippen LogP contribution >= 0.6 is 11.3 Å². The number of thiophene rings is 1. The van der Waals surface area contributed by atoms with Gasteiger partial charge in [0, 0.05) is 6.54 Å². The van der Waals surface area contributed by atoms with E-state index >= 15 is 0 Å². The number of nitrogens with zero attached hydrogens (tertiary/aromatic N) is 1. The summed E-state index contributed by atoms with van der Waals surface area (Å²) in [5.74, 6) is 0.313. The SMILES string of the molecule is CCCCC1NC(c2ccsc2)N(CC2(C)CCC2)C1=O. The first kappa shape index (κ1) is 15.0. The van der Waals surface area contributed by atoms with Crippen LogP contribution in [0.2, 0.25) is 0 Å². The minimum atomic E-state index is 0.0125. The molecule has 3 rings (SSSR count). The maximum Gasteiger partial charge on any atom is 0.241 e. The average Bonchev–Trinajstić information content (AvgIpc) is 3.05. The molecule has 1 saturated carbocycles. The lowest BCUT2D eigenvalue weighted by atomic mass is 9.70. The van der Waals surface area contributed by atoms with Gasteiger partial charge in [-0.3, -0.25) is 10.1 Å². The number of rotatable bonds is 6. The van der Waals surface area contributed by atoms with Crippen molar-refractivity contribution in [3.63, 3.8) is 0 Å². The van der Waals surface area contributed by atoms with Gasteiger partial charge in [0.1, 0.15) is 6.17 Å². The van der Waals surface area contributed by atoms with Crippen molar-refractivity contribution in [1.29, 1.82) is 0 Å². The monoisotopic (exact) mass is 306 g/mol. The molecule has 0 radical (unpaired) electrons. The summed E-state index contributed by atoms with van der Waals surface area (Å²) in [5, 5.41) is 7.85. The van der Waals surface area contributed by atoms with Gasteiger partial charge in [-0.2, -0.15) is 11.3 Å². The molecule has 116 valence electrons. The minimum absolute atomic E-state index is 0.0125. The number of carbonyl (C=O) groups is 1. The number of amides is 1. The van der Waals surface area contributed by atoms with E-state index in [1.165, 1.54) is 24.8 Å². The van der Waals surface area contributed by atoms with Crippen LogP contribution in [-0.2, 0) is 4.79 Å². The summed E-state index contributed by atoms with van der Waals surface area (Å²) in [5.41, 5.74) is 1.58. The molecule has 2 atom stereocenters. The van der Waals surface area contributed by atoms with Gasteiger partial charge in [0.25, 0.3) is 0 Å². The van der Waals surface area contributed by atoms with Gasteiger partial charge < -0.3 is 4.90 Å². The van der Waals surface area contributed by atoms with Crippen molar-refractivity contribution in [2.45, 2.75) is 64.6 Å². The van der Waals surface area contributed by atoms with Crippen molar-refractivity contribution in [3.8, 4) is 0 Å². The zero-order valence-corrected chi connectivity index (χ0v) is 13.9. The Morgan fingerprint density at radius 2 is 2.29 bits per heavy atom. The van der Waals surface area contributed by atoms with Crippen LogP contribution in [0.15, 0.2) is 16.8 Å². The van der Waals surface area contributed by atoms with Crippen molar-refractivity contribution in [1.82, 2.24) is 10.2 Å². The highest BCUT2D eigenvalue weighted by atomic mass is 32.1. The van der Waals surface area contributed by atoms with Gasteiger partial charge in [-0.1, -0.05) is 33.1 Å². The number of hydrogen-bond acceptors (Lipinski definition) is 3. The molecule has 0 bridgehead atoms. The van der Waals surface area contributed by atoms with Crippen LogP contribution in [0.25, 0.3) is 0 Å². The summed E-state index contributed by atoms with van der Waals surface area (Å²) < 4.78 is 0. The molecule has 2 heterocycles. The van der Waals surface area contributed by atoms with Crippen molar-refractivity contribution in [3.05, 3.63) is 22.4 Å². The highest BCUT2D eigenvalue weighted by Crippen LogP contribution is 2.43. The summed E-state index contributed by atoms with van der Waals surface area (Å²) in [6.07, 6.45) is 7.14. The molecule has 1 aromatic heterocycles. The van der Waals surface area contributed by atoms with E-state index in [0.29, 0.717) is 11.3 Å². The van der Waals surface area contributed by atoms with E-state index < -0.39 is 0 Å². The second-order valence-electron chi connectivity index (χ2n) is 6.95. The summed E-state index contributed by atoms with van der Waals surface area (Å²) >= 11 is 1.71. The fraction of sp³-hybridized carbons (Fsp3) is 0.706. The summed E-state index contributed by atoms with van der Waals surface area (Å²) in [4.78, 5) is 14.9. The predicted molar refractivity (Wildman–Crippen MR) is 87.2 cm³/mol. The third-order valence-electron chi connectivity index (χ3n) is 5.07. The Balaban J connectivity index is 1.76. The Morgan fingerprint density at radius 3 is 2.86 bits per heavy atom. The van der Waals surface area contributed by atoms with Crippen molar-refractivity contribution >= 4 is 17.2 Å². The predicted octanol–water partition coefficient (Wildman–Crippen LogP) is 3.93.